The summed E-state index contributed by atoms with van der Waals surface area (Å²) in [5, 5.41) is 9.52. The van der Waals surface area contributed by atoms with Crippen molar-refractivity contribution in [3.63, 3.8) is 0 Å². The lowest BCUT2D eigenvalue weighted by Crippen LogP contribution is -2.53. The van der Waals surface area contributed by atoms with Crippen molar-refractivity contribution in [2.45, 2.75) is 26.7 Å². The molecule has 1 aromatic heterocycles. The van der Waals surface area contributed by atoms with Gasteiger partial charge in [0.15, 0.2) is 5.76 Å². The Kier molecular flexibility index (Phi) is 5.15. The number of amides is 2. The highest BCUT2D eigenvalue weighted by Crippen LogP contribution is 2.35. The molecule has 1 saturated heterocycles. The van der Waals surface area contributed by atoms with Gasteiger partial charge in [-0.05, 0) is 38.8 Å². The van der Waals surface area contributed by atoms with Crippen LogP contribution in [0.4, 0.5) is 0 Å². The van der Waals surface area contributed by atoms with Gasteiger partial charge in [0.05, 0.1) is 18.1 Å². The Morgan fingerprint density at radius 1 is 1.00 bits per heavy atom. The number of allylic oxidation sites excluding steroid dienone is 2. The first-order chi connectivity index (χ1) is 12.4. The van der Waals surface area contributed by atoms with E-state index in [1.807, 2.05) is 13.8 Å². The molecule has 1 aliphatic heterocycles. The molecule has 26 heavy (non-hydrogen) atoms. The summed E-state index contributed by atoms with van der Waals surface area (Å²) in [6, 6.07) is 3.29. The molecular weight excluding hydrogens is 336 g/mol. The van der Waals surface area contributed by atoms with E-state index in [4.69, 9.17) is 4.42 Å². The number of aliphatic carboxylic acids is 1. The van der Waals surface area contributed by atoms with Crippen LogP contribution in [0.3, 0.4) is 0 Å². The van der Waals surface area contributed by atoms with E-state index in [1.165, 1.54) is 6.26 Å². The molecule has 0 aromatic carbocycles. The van der Waals surface area contributed by atoms with Gasteiger partial charge in [0.25, 0.3) is 5.91 Å². The van der Waals surface area contributed by atoms with Crippen LogP contribution in [-0.4, -0.2) is 58.9 Å². The molecule has 1 aliphatic carbocycles. The molecule has 7 nitrogen and oxygen atoms in total. The molecule has 2 aliphatic rings. The minimum atomic E-state index is -0.915. The third-order valence-corrected chi connectivity index (χ3v) is 5.51. The van der Waals surface area contributed by atoms with Gasteiger partial charge in [0.2, 0.25) is 5.91 Å². The van der Waals surface area contributed by atoms with Crippen molar-refractivity contribution in [3.8, 4) is 0 Å². The molecule has 0 saturated carbocycles. The summed E-state index contributed by atoms with van der Waals surface area (Å²) >= 11 is 0. The van der Waals surface area contributed by atoms with Crippen LogP contribution >= 0.6 is 0 Å². The first-order valence-electron chi connectivity index (χ1n) is 8.88. The van der Waals surface area contributed by atoms with Crippen molar-refractivity contribution in [1.29, 1.82) is 0 Å². The summed E-state index contributed by atoms with van der Waals surface area (Å²) in [4.78, 5) is 40.2. The highest BCUT2D eigenvalue weighted by Gasteiger charge is 2.40. The van der Waals surface area contributed by atoms with E-state index in [-0.39, 0.29) is 11.8 Å². The lowest BCUT2D eigenvalue weighted by molar-refractivity contribution is -0.151. The Morgan fingerprint density at radius 2 is 1.58 bits per heavy atom. The summed E-state index contributed by atoms with van der Waals surface area (Å²) in [7, 11) is 0. The monoisotopic (exact) mass is 360 g/mol. The highest BCUT2D eigenvalue weighted by molar-refractivity contribution is 5.92. The van der Waals surface area contributed by atoms with Crippen molar-refractivity contribution in [2.24, 2.45) is 11.8 Å². The standard InChI is InChI=1S/C19H24N2O5/c1-12-10-14(15(19(24)25)11-13(12)2)17(22)20-5-7-21(8-6-20)18(23)16-4-3-9-26-16/h3-4,9,14-15H,5-8,10-11H2,1-2H3,(H,24,25)/t14-,15-/m0/s1. The molecule has 0 radical (unpaired) electrons. The lowest BCUT2D eigenvalue weighted by atomic mass is 9.76. The quantitative estimate of drug-likeness (QED) is 0.833. The van der Waals surface area contributed by atoms with Gasteiger partial charge < -0.3 is 19.3 Å². The topological polar surface area (TPSA) is 91.1 Å². The number of furan rings is 1. The summed E-state index contributed by atoms with van der Waals surface area (Å²) in [6.07, 6.45) is 2.38. The number of carboxylic acids is 1. The van der Waals surface area contributed by atoms with Gasteiger partial charge in [0, 0.05) is 26.2 Å². The number of carbonyl (C=O) groups is 3. The lowest BCUT2D eigenvalue weighted by Gasteiger charge is -2.38. The third-order valence-electron chi connectivity index (χ3n) is 5.51. The first kappa shape index (κ1) is 18.2. The summed E-state index contributed by atoms with van der Waals surface area (Å²) < 4.78 is 5.14. The Labute approximate surface area is 152 Å². The summed E-state index contributed by atoms with van der Waals surface area (Å²) in [5.41, 5.74) is 2.17. The second-order valence-corrected chi connectivity index (χ2v) is 7.11. The maximum Gasteiger partial charge on any atom is 0.307 e. The predicted molar refractivity (Wildman–Crippen MR) is 93.4 cm³/mol. The van der Waals surface area contributed by atoms with Crippen molar-refractivity contribution in [2.75, 3.05) is 26.2 Å². The van der Waals surface area contributed by atoms with Crippen LogP contribution in [0.2, 0.25) is 0 Å². The Balaban J connectivity index is 1.64. The van der Waals surface area contributed by atoms with Crippen LogP contribution in [0, 0.1) is 11.8 Å². The molecule has 2 heterocycles. The maximum absolute atomic E-state index is 12.9. The minimum absolute atomic E-state index is 0.116. The number of hydrogen-bond acceptors (Lipinski definition) is 4. The van der Waals surface area contributed by atoms with Crippen LogP contribution in [0.1, 0.15) is 37.2 Å². The predicted octanol–water partition coefficient (Wildman–Crippen LogP) is 2.01. The van der Waals surface area contributed by atoms with E-state index in [2.05, 4.69) is 0 Å². The van der Waals surface area contributed by atoms with E-state index in [9.17, 15) is 19.5 Å². The van der Waals surface area contributed by atoms with Gasteiger partial charge >= 0.3 is 5.97 Å². The van der Waals surface area contributed by atoms with Crippen molar-refractivity contribution >= 4 is 17.8 Å². The van der Waals surface area contributed by atoms with Gasteiger partial charge in [0.1, 0.15) is 0 Å². The zero-order valence-corrected chi connectivity index (χ0v) is 15.1. The molecule has 2 amide bonds. The van der Waals surface area contributed by atoms with Gasteiger partial charge in [-0.15, -0.1) is 0 Å². The molecule has 3 rings (SSSR count). The molecule has 140 valence electrons. The van der Waals surface area contributed by atoms with E-state index in [0.717, 1.165) is 11.1 Å². The average molecular weight is 360 g/mol. The van der Waals surface area contributed by atoms with Crippen molar-refractivity contribution < 1.29 is 23.9 Å². The fourth-order valence-electron chi connectivity index (χ4n) is 3.73. The molecule has 1 aromatic rings. The fraction of sp³-hybridized carbons (Fsp3) is 0.526. The number of piperazine rings is 1. The first-order valence-corrected chi connectivity index (χ1v) is 8.88. The summed E-state index contributed by atoms with van der Waals surface area (Å²) in [5.74, 6) is -2.12. The largest absolute Gasteiger partial charge is 0.481 e. The zero-order chi connectivity index (χ0) is 18.8. The van der Waals surface area contributed by atoms with Gasteiger partial charge in [-0.1, -0.05) is 11.1 Å². The van der Waals surface area contributed by atoms with E-state index < -0.39 is 17.8 Å². The Morgan fingerprint density at radius 3 is 2.12 bits per heavy atom. The number of carbonyl (C=O) groups excluding carboxylic acids is 2. The molecule has 0 bridgehead atoms. The van der Waals surface area contributed by atoms with Crippen molar-refractivity contribution in [3.05, 3.63) is 35.3 Å². The van der Waals surface area contributed by atoms with E-state index in [1.54, 1.807) is 21.9 Å². The molecule has 1 N–H and O–H groups in total. The number of rotatable bonds is 3. The van der Waals surface area contributed by atoms with Crippen LogP contribution in [0.15, 0.2) is 34.0 Å². The molecule has 1 fully saturated rings. The zero-order valence-electron chi connectivity index (χ0n) is 15.1. The fourth-order valence-corrected chi connectivity index (χ4v) is 3.73. The van der Waals surface area contributed by atoms with Crippen LogP contribution < -0.4 is 0 Å². The molecular formula is C19H24N2O5. The molecule has 7 heteroatoms. The van der Waals surface area contributed by atoms with Crippen molar-refractivity contribution in [1.82, 2.24) is 9.80 Å². The maximum atomic E-state index is 12.9. The van der Waals surface area contributed by atoms with Crippen LogP contribution in [0.5, 0.6) is 0 Å². The van der Waals surface area contributed by atoms with E-state index in [0.29, 0.717) is 44.8 Å². The smallest absolute Gasteiger partial charge is 0.307 e. The second kappa shape index (κ2) is 7.35. The minimum Gasteiger partial charge on any atom is -0.481 e. The molecule has 0 spiro atoms. The molecule has 0 unspecified atom stereocenters. The van der Waals surface area contributed by atoms with Gasteiger partial charge in [-0.25, -0.2) is 0 Å². The number of carboxylic acid groups (broad SMARTS) is 1. The Hall–Kier alpha value is -2.57. The second-order valence-electron chi connectivity index (χ2n) is 7.11. The van der Waals surface area contributed by atoms with Gasteiger partial charge in [-0.3, -0.25) is 14.4 Å². The number of hydrogen-bond donors (Lipinski definition) is 1. The van der Waals surface area contributed by atoms with Crippen LogP contribution in [0.25, 0.3) is 0 Å². The normalized spacial score (nSPS) is 23.9. The highest BCUT2D eigenvalue weighted by atomic mass is 16.4. The average Bonchev–Trinajstić information content (AvgIpc) is 3.17. The van der Waals surface area contributed by atoms with Gasteiger partial charge in [-0.2, -0.15) is 0 Å². The number of nitrogens with zero attached hydrogens (tertiary/aromatic N) is 2. The SMILES string of the molecule is CC1=C(C)C[C@H](C(=O)N2CCN(C(=O)c3ccco3)CC2)[C@@H](C(=O)O)C1. The summed E-state index contributed by atoms with van der Waals surface area (Å²) in [6.45, 7) is 5.57. The Bertz CT molecular complexity index is 729. The third kappa shape index (κ3) is 3.52. The van der Waals surface area contributed by atoms with E-state index >= 15 is 0 Å². The van der Waals surface area contributed by atoms with Crippen LogP contribution in [-0.2, 0) is 9.59 Å². The molecule has 2 atom stereocenters.